The smallest absolute Gasteiger partial charge is 0.262 e. The fourth-order valence-electron chi connectivity index (χ4n) is 5.38. The number of carbonyl (C=O) groups excluding carboxylic acids is 2. The molecule has 0 aromatic heterocycles. The summed E-state index contributed by atoms with van der Waals surface area (Å²) in [7, 11) is 0. The van der Waals surface area contributed by atoms with Crippen LogP contribution in [-0.4, -0.2) is 54.2 Å². The highest BCUT2D eigenvalue weighted by Crippen LogP contribution is 2.39. The molecule has 2 aromatic carbocycles. The van der Waals surface area contributed by atoms with Gasteiger partial charge in [0.1, 0.15) is 11.4 Å². The Morgan fingerprint density at radius 2 is 1.85 bits per heavy atom. The number of anilines is 1. The summed E-state index contributed by atoms with van der Waals surface area (Å²) in [6, 6.07) is 7.51. The minimum atomic E-state index is -0.866. The van der Waals surface area contributed by atoms with Gasteiger partial charge in [-0.3, -0.25) is 9.59 Å². The SMILES string of the molecule is O=C1COc2c(CCCCCN(C(=O)CCOCCc3ccc(F)c(F)c3)C3CCCCC3)ccc(O)c2N1. The fraction of sp³-hybridized carbons (Fsp3) is 0.533. The lowest BCUT2D eigenvalue weighted by Crippen LogP contribution is -2.42. The highest BCUT2D eigenvalue weighted by molar-refractivity contribution is 5.97. The molecule has 0 unspecified atom stereocenters. The molecule has 2 aromatic rings. The van der Waals surface area contributed by atoms with E-state index in [9.17, 15) is 23.5 Å². The van der Waals surface area contributed by atoms with Crippen molar-refractivity contribution in [2.45, 2.75) is 76.7 Å². The second-order valence-electron chi connectivity index (χ2n) is 10.3. The maximum absolute atomic E-state index is 13.4. The Labute approximate surface area is 228 Å². The van der Waals surface area contributed by atoms with E-state index in [2.05, 4.69) is 5.32 Å². The summed E-state index contributed by atoms with van der Waals surface area (Å²) in [4.78, 5) is 26.8. The van der Waals surface area contributed by atoms with Crippen LogP contribution in [0.25, 0.3) is 0 Å². The number of amides is 2. The van der Waals surface area contributed by atoms with Crippen molar-refractivity contribution in [3.05, 3.63) is 53.1 Å². The highest BCUT2D eigenvalue weighted by Gasteiger charge is 2.25. The van der Waals surface area contributed by atoms with Gasteiger partial charge in [-0.2, -0.15) is 0 Å². The molecular weight excluding hydrogens is 506 g/mol. The quantitative estimate of drug-likeness (QED) is 0.256. The molecular formula is C30H38F2N2O5. The number of aryl methyl sites for hydroxylation is 1. The minimum absolute atomic E-state index is 0.00299. The van der Waals surface area contributed by atoms with Crippen LogP contribution in [0.5, 0.6) is 11.5 Å². The zero-order valence-corrected chi connectivity index (χ0v) is 22.4. The Bertz CT molecular complexity index is 1140. The van der Waals surface area contributed by atoms with Crippen LogP contribution < -0.4 is 10.1 Å². The summed E-state index contributed by atoms with van der Waals surface area (Å²) in [5.41, 5.74) is 1.95. The molecule has 39 heavy (non-hydrogen) atoms. The first-order valence-electron chi connectivity index (χ1n) is 14.0. The molecule has 1 aliphatic carbocycles. The van der Waals surface area contributed by atoms with Crippen molar-refractivity contribution in [2.75, 3.05) is 31.7 Å². The Morgan fingerprint density at radius 1 is 1.03 bits per heavy atom. The number of benzene rings is 2. The van der Waals surface area contributed by atoms with Gasteiger partial charge < -0.3 is 24.8 Å². The maximum atomic E-state index is 13.4. The average molecular weight is 545 g/mol. The minimum Gasteiger partial charge on any atom is -0.506 e. The summed E-state index contributed by atoms with van der Waals surface area (Å²) in [6.45, 7) is 1.29. The Balaban J connectivity index is 1.21. The van der Waals surface area contributed by atoms with Gasteiger partial charge in [0.25, 0.3) is 5.91 Å². The number of rotatable bonds is 13. The third-order valence-corrected chi connectivity index (χ3v) is 7.49. The molecule has 2 amide bonds. The van der Waals surface area contributed by atoms with Gasteiger partial charge in [-0.15, -0.1) is 0 Å². The molecule has 0 spiro atoms. The number of ether oxygens (including phenoxy) is 2. The molecule has 212 valence electrons. The number of phenols is 1. The van der Waals surface area contributed by atoms with E-state index in [0.717, 1.165) is 63.0 Å². The highest BCUT2D eigenvalue weighted by atomic mass is 19.2. The van der Waals surface area contributed by atoms with Gasteiger partial charge in [0.2, 0.25) is 5.91 Å². The normalized spacial score (nSPS) is 15.4. The third-order valence-electron chi connectivity index (χ3n) is 7.49. The van der Waals surface area contributed by atoms with Crippen LogP contribution in [0.4, 0.5) is 14.5 Å². The molecule has 1 aliphatic heterocycles. The van der Waals surface area contributed by atoms with Crippen LogP contribution in [0.1, 0.15) is 68.9 Å². The monoisotopic (exact) mass is 544 g/mol. The van der Waals surface area contributed by atoms with Gasteiger partial charge in [-0.25, -0.2) is 8.78 Å². The van der Waals surface area contributed by atoms with Crippen LogP contribution in [0.2, 0.25) is 0 Å². The van der Waals surface area contributed by atoms with E-state index in [4.69, 9.17) is 9.47 Å². The average Bonchev–Trinajstić information content (AvgIpc) is 2.94. The summed E-state index contributed by atoms with van der Waals surface area (Å²) >= 11 is 0. The number of nitrogens with zero attached hydrogens (tertiary/aromatic N) is 1. The molecule has 4 rings (SSSR count). The number of carbonyl (C=O) groups is 2. The predicted molar refractivity (Wildman–Crippen MR) is 144 cm³/mol. The van der Waals surface area contributed by atoms with Crippen LogP contribution in [0, 0.1) is 11.6 Å². The molecule has 0 atom stereocenters. The van der Waals surface area contributed by atoms with Crippen LogP contribution in [0.3, 0.4) is 0 Å². The van der Waals surface area contributed by atoms with Gasteiger partial charge in [0.05, 0.1) is 19.6 Å². The van der Waals surface area contributed by atoms with E-state index in [-0.39, 0.29) is 30.2 Å². The first kappa shape index (κ1) is 28.8. The van der Waals surface area contributed by atoms with E-state index >= 15 is 0 Å². The van der Waals surface area contributed by atoms with Crippen molar-refractivity contribution in [3.8, 4) is 11.5 Å². The molecule has 1 fully saturated rings. The Hall–Kier alpha value is -3.20. The van der Waals surface area contributed by atoms with E-state index in [1.165, 1.54) is 12.5 Å². The third kappa shape index (κ3) is 8.14. The van der Waals surface area contributed by atoms with Gasteiger partial charge in [0, 0.05) is 12.6 Å². The van der Waals surface area contributed by atoms with E-state index in [0.29, 0.717) is 49.6 Å². The molecule has 2 N–H and O–H groups in total. The molecule has 9 heteroatoms. The zero-order valence-electron chi connectivity index (χ0n) is 22.4. The zero-order chi connectivity index (χ0) is 27.6. The van der Waals surface area contributed by atoms with Crippen LogP contribution in [-0.2, 0) is 27.2 Å². The number of phenolic OH excluding ortho intramolecular Hbond substituents is 1. The molecule has 0 saturated heterocycles. The number of hydrogen-bond acceptors (Lipinski definition) is 5. The fourth-order valence-corrected chi connectivity index (χ4v) is 5.38. The Morgan fingerprint density at radius 3 is 2.64 bits per heavy atom. The summed E-state index contributed by atoms with van der Waals surface area (Å²) in [6.07, 6.45) is 9.79. The molecule has 0 radical (unpaired) electrons. The molecule has 2 aliphatic rings. The van der Waals surface area contributed by atoms with Crippen LogP contribution in [0.15, 0.2) is 30.3 Å². The van der Waals surface area contributed by atoms with Crippen molar-refractivity contribution in [1.29, 1.82) is 0 Å². The molecule has 0 bridgehead atoms. The lowest BCUT2D eigenvalue weighted by atomic mass is 9.93. The van der Waals surface area contributed by atoms with Crippen molar-refractivity contribution in [1.82, 2.24) is 4.90 Å². The predicted octanol–water partition coefficient (Wildman–Crippen LogP) is 5.52. The van der Waals surface area contributed by atoms with E-state index in [1.807, 2.05) is 11.0 Å². The maximum Gasteiger partial charge on any atom is 0.262 e. The second kappa shape index (κ2) is 14.3. The Kier molecular flexibility index (Phi) is 10.5. The second-order valence-corrected chi connectivity index (χ2v) is 10.3. The number of hydrogen-bond donors (Lipinski definition) is 2. The van der Waals surface area contributed by atoms with E-state index < -0.39 is 11.6 Å². The van der Waals surface area contributed by atoms with Crippen molar-refractivity contribution in [3.63, 3.8) is 0 Å². The topological polar surface area (TPSA) is 88.1 Å². The number of aromatic hydroxyl groups is 1. The van der Waals surface area contributed by atoms with E-state index in [1.54, 1.807) is 12.1 Å². The number of fused-ring (bicyclic) bond motifs is 1. The van der Waals surface area contributed by atoms with Crippen molar-refractivity contribution >= 4 is 17.5 Å². The standard InChI is InChI=1S/C30H38F2N2O5/c31-24-12-10-21(19-25(24)32)14-17-38-18-15-28(37)34(23-8-4-1-5-9-23)16-6-2-3-7-22-11-13-26(35)29-30(22)39-20-27(36)33-29/h10-13,19,23,35H,1-9,14-18,20H2,(H,33,36). The lowest BCUT2D eigenvalue weighted by molar-refractivity contribution is -0.135. The van der Waals surface area contributed by atoms with Gasteiger partial charge in [0.15, 0.2) is 24.0 Å². The first-order valence-corrected chi connectivity index (χ1v) is 14.0. The number of unbranched alkanes of at least 4 members (excludes halogenated alkanes) is 2. The molecule has 1 heterocycles. The lowest BCUT2D eigenvalue weighted by Gasteiger charge is -2.34. The summed E-state index contributed by atoms with van der Waals surface area (Å²) in [5.74, 6) is -1.37. The first-order chi connectivity index (χ1) is 18.9. The molecule has 1 saturated carbocycles. The van der Waals surface area contributed by atoms with Gasteiger partial charge >= 0.3 is 0 Å². The van der Waals surface area contributed by atoms with Gasteiger partial charge in [-0.05, 0) is 67.9 Å². The van der Waals surface area contributed by atoms with Gasteiger partial charge in [-0.1, -0.05) is 37.8 Å². The van der Waals surface area contributed by atoms with Crippen molar-refractivity contribution < 1.29 is 33.0 Å². The number of halogens is 2. The van der Waals surface area contributed by atoms with Crippen LogP contribution >= 0.6 is 0 Å². The largest absolute Gasteiger partial charge is 0.506 e. The number of nitrogens with one attached hydrogen (secondary N) is 1. The molecule has 7 nitrogen and oxygen atoms in total. The summed E-state index contributed by atoms with van der Waals surface area (Å²) in [5, 5.41) is 12.7. The van der Waals surface area contributed by atoms with Crippen molar-refractivity contribution in [2.24, 2.45) is 0 Å². The summed E-state index contributed by atoms with van der Waals surface area (Å²) < 4.78 is 37.7.